The van der Waals surface area contributed by atoms with Crippen LogP contribution in [0.4, 0.5) is 0 Å². The van der Waals surface area contributed by atoms with Gasteiger partial charge < -0.3 is 20.2 Å². The fourth-order valence-corrected chi connectivity index (χ4v) is 6.11. The summed E-state index contributed by atoms with van der Waals surface area (Å²) in [5, 5.41) is 13.4. The Morgan fingerprint density at radius 3 is 1.26 bits per heavy atom. The second-order valence-electron chi connectivity index (χ2n) is 12.9. The molecule has 0 aromatic rings. The second-order valence-corrected chi connectivity index (χ2v) is 14.1. The Morgan fingerprint density at radius 2 is 0.907 bits per heavy atom. The summed E-state index contributed by atoms with van der Waals surface area (Å²) in [6.07, 6.45) is 33.7. The molecule has 8 heteroatoms. The maximum atomic E-state index is 12.5. The van der Waals surface area contributed by atoms with Crippen LogP contribution in [0.2, 0.25) is 0 Å². The van der Waals surface area contributed by atoms with E-state index in [9.17, 15) is 14.5 Å². The van der Waals surface area contributed by atoms with Gasteiger partial charge in [0.05, 0.1) is 18.8 Å². The number of hydrogen-bond acceptors (Lipinski definition) is 4. The van der Waals surface area contributed by atoms with E-state index in [0.29, 0.717) is 12.8 Å². The molecular formula is C35H72NO6P. The number of hydrogen-bond donors (Lipinski definition) is 4. The van der Waals surface area contributed by atoms with Crippen LogP contribution in [0.25, 0.3) is 0 Å². The fourth-order valence-electron chi connectivity index (χ4n) is 5.76. The summed E-state index contributed by atoms with van der Waals surface area (Å²) in [4.78, 5) is 30.7. The predicted octanol–water partition coefficient (Wildman–Crippen LogP) is 10.3. The van der Waals surface area contributed by atoms with Crippen LogP contribution in [0.5, 0.6) is 0 Å². The van der Waals surface area contributed by atoms with Gasteiger partial charge in [-0.3, -0.25) is 9.32 Å². The Balaban J connectivity index is 3.93. The third-order valence-electron chi connectivity index (χ3n) is 8.59. The summed E-state index contributed by atoms with van der Waals surface area (Å²) < 4.78 is 15.9. The number of carbonyl (C=O) groups is 1. The molecule has 0 spiro atoms. The minimum absolute atomic E-state index is 0.192. The third kappa shape index (κ3) is 32.7. The maximum absolute atomic E-state index is 12.5. The molecule has 7 nitrogen and oxygen atoms in total. The molecular weight excluding hydrogens is 561 g/mol. The van der Waals surface area contributed by atoms with Crippen LogP contribution >= 0.6 is 7.82 Å². The Hall–Kier alpha value is -0.460. The molecule has 0 saturated heterocycles. The lowest BCUT2D eigenvalue weighted by Gasteiger charge is -2.24. The third-order valence-corrected chi connectivity index (χ3v) is 9.08. The van der Waals surface area contributed by atoms with Gasteiger partial charge in [-0.05, 0) is 12.8 Å². The van der Waals surface area contributed by atoms with Crippen molar-refractivity contribution in [1.29, 1.82) is 0 Å². The topological polar surface area (TPSA) is 116 Å². The molecule has 0 aliphatic carbocycles. The smallest absolute Gasteiger partial charge is 0.391 e. The molecule has 4 N–H and O–H groups in total. The van der Waals surface area contributed by atoms with Gasteiger partial charge in [-0.15, -0.1) is 0 Å². The van der Waals surface area contributed by atoms with Crippen molar-refractivity contribution in [2.45, 2.75) is 212 Å². The zero-order valence-electron chi connectivity index (χ0n) is 28.4. The lowest BCUT2D eigenvalue weighted by atomic mass is 10.0. The number of aliphatic hydroxyl groups excluding tert-OH is 1. The number of carbonyl (C=O) groups excluding carboxylic acids is 1. The average Bonchev–Trinajstić information content (AvgIpc) is 2.97. The highest BCUT2D eigenvalue weighted by Crippen LogP contribution is 2.36. The van der Waals surface area contributed by atoms with E-state index in [1.807, 2.05) is 0 Å². The molecule has 0 aliphatic heterocycles. The van der Waals surface area contributed by atoms with Gasteiger partial charge in [0, 0.05) is 6.42 Å². The summed E-state index contributed by atoms with van der Waals surface area (Å²) in [7, 11) is -4.68. The van der Waals surface area contributed by atoms with E-state index >= 15 is 0 Å². The van der Waals surface area contributed by atoms with E-state index < -0.39 is 26.6 Å². The number of rotatable bonds is 34. The van der Waals surface area contributed by atoms with Gasteiger partial charge in [-0.25, -0.2) is 4.57 Å². The molecule has 0 bridgehead atoms. The molecule has 0 radical (unpaired) electrons. The van der Waals surface area contributed by atoms with Gasteiger partial charge in [-0.2, -0.15) is 0 Å². The first-order chi connectivity index (χ1) is 20.8. The SMILES string of the molecule is CCCCCCCCCCCCCCCCCCC(=O)N[C@@H](COP(=O)(O)O)[C@H](O)CCCCCCCCCCCCC. The molecule has 0 aromatic heterocycles. The molecule has 0 aliphatic rings. The number of aliphatic hydroxyl groups is 1. The summed E-state index contributed by atoms with van der Waals surface area (Å²) in [6.45, 7) is 4.11. The van der Waals surface area contributed by atoms with Gasteiger partial charge in [0.15, 0.2) is 0 Å². The fraction of sp³-hybridized carbons (Fsp3) is 0.971. The standard InChI is InChI=1S/C35H72NO6P/c1-3-5-7-9-11-13-15-16-17-18-19-21-23-25-27-29-31-35(38)36-33(32-42-43(39,40)41)34(37)30-28-26-24-22-20-14-12-10-8-6-4-2/h33-34,37H,3-32H2,1-2H3,(H,36,38)(H2,39,40,41)/t33-,34+/m0/s1. The number of unbranched alkanes of at least 4 members (excludes halogenated alkanes) is 25. The first-order valence-corrected chi connectivity index (χ1v) is 20.0. The van der Waals surface area contributed by atoms with Crippen LogP contribution in [-0.4, -0.2) is 39.6 Å². The van der Waals surface area contributed by atoms with E-state index in [4.69, 9.17) is 9.79 Å². The molecule has 1 amide bonds. The lowest BCUT2D eigenvalue weighted by molar-refractivity contribution is -0.123. The number of amides is 1. The maximum Gasteiger partial charge on any atom is 0.469 e. The first-order valence-electron chi connectivity index (χ1n) is 18.5. The number of phosphoric acid groups is 1. The van der Waals surface area contributed by atoms with E-state index in [0.717, 1.165) is 38.5 Å². The van der Waals surface area contributed by atoms with Crippen molar-refractivity contribution < 1.29 is 28.8 Å². The van der Waals surface area contributed by atoms with Crippen molar-refractivity contribution >= 4 is 13.7 Å². The summed E-state index contributed by atoms with van der Waals surface area (Å²) in [6, 6.07) is -0.815. The summed E-state index contributed by atoms with van der Waals surface area (Å²) in [5.74, 6) is -0.192. The van der Waals surface area contributed by atoms with Gasteiger partial charge >= 0.3 is 7.82 Å². The zero-order chi connectivity index (χ0) is 31.9. The van der Waals surface area contributed by atoms with Crippen LogP contribution in [-0.2, 0) is 13.9 Å². The minimum Gasteiger partial charge on any atom is -0.391 e. The van der Waals surface area contributed by atoms with Gasteiger partial charge in [0.2, 0.25) is 5.91 Å². The highest BCUT2D eigenvalue weighted by Gasteiger charge is 2.25. The Labute approximate surface area is 266 Å². The second kappa shape index (κ2) is 31.5. The van der Waals surface area contributed by atoms with Crippen molar-refractivity contribution in [2.24, 2.45) is 0 Å². The monoisotopic (exact) mass is 634 g/mol. The van der Waals surface area contributed by atoms with Crippen molar-refractivity contribution in [3.63, 3.8) is 0 Å². The molecule has 0 aromatic carbocycles. The van der Waals surface area contributed by atoms with Crippen molar-refractivity contribution in [3.8, 4) is 0 Å². The first kappa shape index (κ1) is 42.5. The van der Waals surface area contributed by atoms with Crippen LogP contribution in [0.1, 0.15) is 200 Å². The lowest BCUT2D eigenvalue weighted by Crippen LogP contribution is -2.46. The largest absolute Gasteiger partial charge is 0.469 e. The van der Waals surface area contributed by atoms with Gasteiger partial charge in [0.25, 0.3) is 0 Å². The zero-order valence-corrected chi connectivity index (χ0v) is 29.3. The molecule has 0 fully saturated rings. The van der Waals surface area contributed by atoms with E-state index in [2.05, 4.69) is 23.7 Å². The van der Waals surface area contributed by atoms with Crippen molar-refractivity contribution in [1.82, 2.24) is 5.32 Å². The highest BCUT2D eigenvalue weighted by atomic mass is 31.2. The molecule has 0 rings (SSSR count). The van der Waals surface area contributed by atoms with E-state index in [-0.39, 0.29) is 5.91 Å². The molecule has 43 heavy (non-hydrogen) atoms. The quantitative estimate of drug-likeness (QED) is 0.0414. The van der Waals surface area contributed by atoms with E-state index in [1.165, 1.54) is 135 Å². The van der Waals surface area contributed by atoms with Crippen LogP contribution in [0, 0.1) is 0 Å². The van der Waals surface area contributed by atoms with Crippen LogP contribution in [0.15, 0.2) is 0 Å². The molecule has 258 valence electrons. The normalized spacial score (nSPS) is 13.3. The molecule has 0 saturated carbocycles. The Bertz CT molecular complexity index is 644. The van der Waals surface area contributed by atoms with E-state index in [1.54, 1.807) is 0 Å². The van der Waals surface area contributed by atoms with Crippen LogP contribution < -0.4 is 5.32 Å². The van der Waals surface area contributed by atoms with Gasteiger partial charge in [-0.1, -0.05) is 181 Å². The molecule has 0 heterocycles. The highest BCUT2D eigenvalue weighted by molar-refractivity contribution is 7.46. The molecule has 0 unspecified atom stereocenters. The van der Waals surface area contributed by atoms with Crippen molar-refractivity contribution in [2.75, 3.05) is 6.61 Å². The van der Waals surface area contributed by atoms with Crippen LogP contribution in [0.3, 0.4) is 0 Å². The minimum atomic E-state index is -4.68. The van der Waals surface area contributed by atoms with Crippen molar-refractivity contribution in [3.05, 3.63) is 0 Å². The number of phosphoric ester groups is 1. The summed E-state index contributed by atoms with van der Waals surface area (Å²) in [5.41, 5.74) is 0. The number of nitrogens with one attached hydrogen (secondary N) is 1. The Morgan fingerprint density at radius 1 is 0.581 bits per heavy atom. The van der Waals surface area contributed by atoms with Gasteiger partial charge in [0.1, 0.15) is 0 Å². The summed E-state index contributed by atoms with van der Waals surface area (Å²) >= 11 is 0. The molecule has 2 atom stereocenters. The predicted molar refractivity (Wildman–Crippen MR) is 181 cm³/mol. The Kier molecular flexibility index (Phi) is 31.2. The average molecular weight is 634 g/mol.